The van der Waals surface area contributed by atoms with Gasteiger partial charge in [0.2, 0.25) is 5.91 Å². The third-order valence-corrected chi connectivity index (χ3v) is 4.72. The van der Waals surface area contributed by atoms with Crippen molar-refractivity contribution in [3.63, 3.8) is 0 Å². The Morgan fingerprint density at radius 3 is 2.83 bits per heavy atom. The minimum absolute atomic E-state index is 0.183. The van der Waals surface area contributed by atoms with E-state index >= 15 is 0 Å². The van der Waals surface area contributed by atoms with Gasteiger partial charge in [-0.15, -0.1) is 0 Å². The van der Waals surface area contributed by atoms with Gasteiger partial charge in [0.1, 0.15) is 11.2 Å². The standard InChI is InChI=1S/C17H15BrClN3O2/c1-2-4-13-16(23)21-12-6-3-5-11(18)15(12)22(13)17(24)10-7-8-14(19)20-9-10/h3,5-9,13H,2,4H2,1H3,(H,21,23)/t13-/m0/s1. The summed E-state index contributed by atoms with van der Waals surface area (Å²) in [4.78, 5) is 31.1. The highest BCUT2D eigenvalue weighted by Crippen LogP contribution is 2.40. The number of fused-ring (bicyclic) bond motifs is 1. The topological polar surface area (TPSA) is 62.3 Å². The van der Waals surface area contributed by atoms with E-state index in [-0.39, 0.29) is 11.8 Å². The summed E-state index contributed by atoms with van der Waals surface area (Å²) in [6.45, 7) is 1.98. The van der Waals surface area contributed by atoms with Crippen molar-refractivity contribution >= 4 is 50.7 Å². The van der Waals surface area contributed by atoms with Crippen molar-refractivity contribution in [3.05, 3.63) is 51.7 Å². The zero-order chi connectivity index (χ0) is 17.3. The van der Waals surface area contributed by atoms with E-state index in [4.69, 9.17) is 11.6 Å². The lowest BCUT2D eigenvalue weighted by atomic mass is 10.0. The van der Waals surface area contributed by atoms with Crippen LogP contribution in [0.1, 0.15) is 30.1 Å². The number of para-hydroxylation sites is 1. The molecule has 0 spiro atoms. The van der Waals surface area contributed by atoms with Crippen molar-refractivity contribution in [3.8, 4) is 0 Å². The van der Waals surface area contributed by atoms with Crippen LogP contribution in [0, 0.1) is 0 Å². The molecule has 0 bridgehead atoms. The number of amides is 2. The lowest BCUT2D eigenvalue weighted by Crippen LogP contribution is -2.51. The summed E-state index contributed by atoms with van der Waals surface area (Å²) >= 11 is 9.29. The first-order chi connectivity index (χ1) is 11.5. The van der Waals surface area contributed by atoms with Crippen LogP contribution in [0.4, 0.5) is 11.4 Å². The first kappa shape index (κ1) is 16.9. The van der Waals surface area contributed by atoms with Gasteiger partial charge in [0.25, 0.3) is 5.91 Å². The highest BCUT2D eigenvalue weighted by Gasteiger charge is 2.37. The summed E-state index contributed by atoms with van der Waals surface area (Å²) in [6, 6.07) is 8.05. The van der Waals surface area contributed by atoms with Crippen LogP contribution >= 0.6 is 27.5 Å². The lowest BCUT2D eigenvalue weighted by Gasteiger charge is -2.37. The molecule has 5 nitrogen and oxygen atoms in total. The van der Waals surface area contributed by atoms with E-state index in [1.54, 1.807) is 23.1 Å². The number of benzene rings is 1. The Hall–Kier alpha value is -1.92. The van der Waals surface area contributed by atoms with E-state index in [0.717, 1.165) is 10.9 Å². The molecule has 7 heteroatoms. The van der Waals surface area contributed by atoms with Crippen LogP contribution in [-0.4, -0.2) is 22.8 Å². The van der Waals surface area contributed by atoms with Gasteiger partial charge in [-0.1, -0.05) is 31.0 Å². The van der Waals surface area contributed by atoms with Gasteiger partial charge in [-0.05, 0) is 46.6 Å². The molecule has 1 aliphatic rings. The third-order valence-electron chi connectivity index (χ3n) is 3.86. The summed E-state index contributed by atoms with van der Waals surface area (Å²) in [5.74, 6) is -0.460. The fourth-order valence-electron chi connectivity index (χ4n) is 2.77. The van der Waals surface area contributed by atoms with Crippen LogP contribution < -0.4 is 10.2 Å². The van der Waals surface area contributed by atoms with Crippen LogP contribution in [-0.2, 0) is 4.79 Å². The zero-order valence-electron chi connectivity index (χ0n) is 12.9. The van der Waals surface area contributed by atoms with E-state index in [0.29, 0.717) is 28.5 Å². The Labute approximate surface area is 153 Å². The molecule has 1 aromatic heterocycles. The van der Waals surface area contributed by atoms with Crippen LogP contribution in [0.15, 0.2) is 41.0 Å². The SMILES string of the molecule is CCC[C@H]1C(=O)Nc2cccc(Br)c2N1C(=O)c1ccc(Cl)nc1. The molecule has 24 heavy (non-hydrogen) atoms. The molecular weight excluding hydrogens is 394 g/mol. The van der Waals surface area contributed by atoms with E-state index in [2.05, 4.69) is 26.2 Å². The molecule has 1 N–H and O–H groups in total. The third kappa shape index (κ3) is 3.03. The number of nitrogens with zero attached hydrogens (tertiary/aromatic N) is 2. The zero-order valence-corrected chi connectivity index (χ0v) is 15.3. The number of nitrogens with one attached hydrogen (secondary N) is 1. The van der Waals surface area contributed by atoms with Crippen molar-refractivity contribution in [2.45, 2.75) is 25.8 Å². The Morgan fingerprint density at radius 1 is 1.38 bits per heavy atom. The van der Waals surface area contributed by atoms with Crippen molar-refractivity contribution in [1.82, 2.24) is 4.98 Å². The van der Waals surface area contributed by atoms with Gasteiger partial charge in [0.15, 0.2) is 0 Å². The Kier molecular flexibility index (Phi) is 4.87. The monoisotopic (exact) mass is 407 g/mol. The Balaban J connectivity index is 2.12. The molecule has 0 unspecified atom stereocenters. The summed E-state index contributed by atoms with van der Waals surface area (Å²) in [5, 5.41) is 3.20. The van der Waals surface area contributed by atoms with Crippen molar-refractivity contribution in [1.29, 1.82) is 0 Å². The number of pyridine rings is 1. The normalized spacial score (nSPS) is 16.5. The molecular formula is C17H15BrClN3O2. The molecule has 1 atom stereocenters. The van der Waals surface area contributed by atoms with E-state index < -0.39 is 6.04 Å². The van der Waals surface area contributed by atoms with Gasteiger partial charge in [-0.2, -0.15) is 0 Å². The van der Waals surface area contributed by atoms with Gasteiger partial charge in [0.05, 0.1) is 16.9 Å². The summed E-state index contributed by atoms with van der Waals surface area (Å²) < 4.78 is 0.747. The van der Waals surface area contributed by atoms with E-state index in [1.807, 2.05) is 19.1 Å². The highest BCUT2D eigenvalue weighted by atomic mass is 79.9. The molecule has 124 valence electrons. The van der Waals surface area contributed by atoms with Crippen molar-refractivity contribution < 1.29 is 9.59 Å². The molecule has 0 saturated heterocycles. The lowest BCUT2D eigenvalue weighted by molar-refractivity contribution is -0.117. The molecule has 2 heterocycles. The number of carbonyl (C=O) groups excluding carboxylic acids is 2. The van der Waals surface area contributed by atoms with Gasteiger partial charge < -0.3 is 5.32 Å². The van der Waals surface area contributed by atoms with Crippen LogP contribution in [0.2, 0.25) is 5.15 Å². The first-order valence-electron chi connectivity index (χ1n) is 7.57. The molecule has 0 aliphatic carbocycles. The second-order valence-electron chi connectivity index (χ2n) is 5.47. The number of anilines is 2. The molecule has 0 saturated carbocycles. The van der Waals surface area contributed by atoms with Gasteiger partial charge in [-0.25, -0.2) is 4.98 Å². The van der Waals surface area contributed by atoms with E-state index in [1.165, 1.54) is 6.20 Å². The van der Waals surface area contributed by atoms with Crippen molar-refractivity contribution in [2.24, 2.45) is 0 Å². The number of halogens is 2. The summed E-state index contributed by atoms with van der Waals surface area (Å²) in [7, 11) is 0. The van der Waals surface area contributed by atoms with E-state index in [9.17, 15) is 9.59 Å². The maximum atomic E-state index is 13.1. The predicted molar refractivity (Wildman–Crippen MR) is 97.5 cm³/mol. The number of hydrogen-bond donors (Lipinski definition) is 1. The Bertz CT molecular complexity index is 795. The van der Waals surface area contributed by atoms with Crippen LogP contribution in [0.5, 0.6) is 0 Å². The summed E-state index contributed by atoms with van der Waals surface area (Å²) in [6.07, 6.45) is 2.77. The maximum Gasteiger partial charge on any atom is 0.260 e. The molecule has 1 aliphatic heterocycles. The summed E-state index contributed by atoms with van der Waals surface area (Å²) in [5.41, 5.74) is 1.66. The van der Waals surface area contributed by atoms with Crippen LogP contribution in [0.25, 0.3) is 0 Å². The predicted octanol–water partition coefficient (Wildman–Crippen LogP) is 4.27. The molecule has 3 rings (SSSR count). The average Bonchev–Trinajstić information content (AvgIpc) is 2.56. The number of hydrogen-bond acceptors (Lipinski definition) is 3. The molecule has 1 aromatic carbocycles. The average molecular weight is 409 g/mol. The second kappa shape index (κ2) is 6.91. The number of carbonyl (C=O) groups is 2. The minimum atomic E-state index is -0.565. The fourth-order valence-corrected chi connectivity index (χ4v) is 3.44. The molecule has 2 amide bonds. The van der Waals surface area contributed by atoms with Crippen molar-refractivity contribution in [2.75, 3.05) is 10.2 Å². The molecule has 0 radical (unpaired) electrons. The largest absolute Gasteiger partial charge is 0.322 e. The molecule has 2 aromatic rings. The maximum absolute atomic E-state index is 13.1. The van der Waals surface area contributed by atoms with Gasteiger partial charge >= 0.3 is 0 Å². The number of rotatable bonds is 3. The van der Waals surface area contributed by atoms with Crippen LogP contribution in [0.3, 0.4) is 0 Å². The quantitative estimate of drug-likeness (QED) is 0.772. The minimum Gasteiger partial charge on any atom is -0.322 e. The first-order valence-corrected chi connectivity index (χ1v) is 8.74. The highest BCUT2D eigenvalue weighted by molar-refractivity contribution is 9.10. The smallest absolute Gasteiger partial charge is 0.260 e. The van der Waals surface area contributed by atoms with Gasteiger partial charge in [-0.3, -0.25) is 14.5 Å². The Morgan fingerprint density at radius 2 is 2.17 bits per heavy atom. The van der Waals surface area contributed by atoms with Gasteiger partial charge in [0, 0.05) is 10.7 Å². The second-order valence-corrected chi connectivity index (χ2v) is 6.72. The molecule has 0 fully saturated rings. The fraction of sp³-hybridized carbons (Fsp3) is 0.235. The number of aromatic nitrogens is 1.